The first-order valence-electron chi connectivity index (χ1n) is 12.6. The summed E-state index contributed by atoms with van der Waals surface area (Å²) in [6, 6.07) is 0. The van der Waals surface area contributed by atoms with Crippen molar-refractivity contribution in [3.8, 4) is 0 Å². The van der Waals surface area contributed by atoms with Gasteiger partial charge in [-0.1, -0.05) is 0 Å². The summed E-state index contributed by atoms with van der Waals surface area (Å²) in [5, 5.41) is -8.54. The molecule has 0 heterocycles. The molecule has 0 saturated heterocycles. The maximum absolute atomic E-state index is 13.9. The highest BCUT2D eigenvalue weighted by molar-refractivity contribution is 7.87. The Labute approximate surface area is 307 Å². The molecule has 0 aromatic carbocycles. The van der Waals surface area contributed by atoms with Crippen molar-refractivity contribution >= 4 is 10.1 Å². The SMILES string of the molecule is O=S(=O)(O)C(F)(F)C(F)(F)C(F)(F)C(F)(F)C(F)(F)C(F)(F)C(F)(F)C(F)(F)C(F)(F)C(F)(F)C(F)(F)C(F)(F)C(F)(F)C(F)(F)C(F)(F)C(F)(F)C(F)(F)C(F)(F)C(F)(F)F. The fourth-order valence-electron chi connectivity index (χ4n) is 3.48. The van der Waals surface area contributed by atoms with Gasteiger partial charge in [-0.15, -0.1) is 0 Å². The zero-order valence-electron chi connectivity index (χ0n) is 25.9. The molecule has 0 spiro atoms. The van der Waals surface area contributed by atoms with Crippen LogP contribution in [0, 0.1) is 0 Å². The third-order valence-corrected chi connectivity index (χ3v) is 8.26. The molecule has 0 unspecified atom stereocenters. The molecule has 0 fully saturated rings. The summed E-state index contributed by atoms with van der Waals surface area (Å²) in [5.41, 5.74) is 0. The van der Waals surface area contributed by atoms with Crippen molar-refractivity contribution in [3.05, 3.63) is 0 Å². The second-order valence-electron chi connectivity index (χ2n) is 11.3. The van der Waals surface area contributed by atoms with E-state index in [2.05, 4.69) is 0 Å². The van der Waals surface area contributed by atoms with Crippen LogP contribution in [0.2, 0.25) is 0 Å². The van der Waals surface area contributed by atoms with Crippen molar-refractivity contribution in [3.63, 3.8) is 0 Å². The Morgan fingerprint density at radius 1 is 0.194 bits per heavy atom. The fraction of sp³-hybridized carbons (Fsp3) is 1.00. The number of alkyl halides is 39. The molecule has 0 atom stereocenters. The lowest BCUT2D eigenvalue weighted by molar-refractivity contribution is -0.494. The Hall–Kier alpha value is -2.82. The van der Waals surface area contributed by atoms with Gasteiger partial charge in [-0.3, -0.25) is 4.55 Å². The first-order chi connectivity index (χ1) is 25.8. The molecule has 0 aromatic rings. The van der Waals surface area contributed by atoms with Crippen LogP contribution in [0.1, 0.15) is 0 Å². The van der Waals surface area contributed by atoms with Crippen LogP contribution in [0.4, 0.5) is 171 Å². The maximum atomic E-state index is 13.9. The van der Waals surface area contributed by atoms with Gasteiger partial charge in [0.2, 0.25) is 0 Å². The van der Waals surface area contributed by atoms with Crippen molar-refractivity contribution < 1.29 is 184 Å². The minimum Gasteiger partial charge on any atom is -0.281 e. The molecule has 0 radical (unpaired) electrons. The minimum absolute atomic E-state index is 7.74. The largest absolute Gasteiger partial charge is 0.460 e. The lowest BCUT2D eigenvalue weighted by Crippen LogP contribution is -2.80. The molecule has 3 nitrogen and oxygen atoms in total. The molecule has 1 N–H and O–H groups in total. The lowest BCUT2D eigenvalue weighted by Gasteiger charge is -2.47. The zero-order valence-corrected chi connectivity index (χ0v) is 26.7. The summed E-state index contributed by atoms with van der Waals surface area (Å²) in [6.45, 7) is 0. The zero-order chi connectivity index (χ0) is 52.0. The second kappa shape index (κ2) is 13.9. The van der Waals surface area contributed by atoms with Crippen molar-refractivity contribution in [2.45, 2.75) is 112 Å². The molecule has 62 heavy (non-hydrogen) atoms. The Morgan fingerprint density at radius 3 is 0.387 bits per heavy atom. The highest BCUT2D eigenvalue weighted by atomic mass is 32.2. The quantitative estimate of drug-likeness (QED) is 0.110. The predicted octanol–water partition coefficient (Wildman–Crippen LogP) is 11.8. The fourth-order valence-corrected chi connectivity index (χ4v) is 3.93. The van der Waals surface area contributed by atoms with Crippen molar-refractivity contribution in [2.75, 3.05) is 0 Å². The second-order valence-corrected chi connectivity index (χ2v) is 12.7. The molecule has 374 valence electrons. The van der Waals surface area contributed by atoms with E-state index in [4.69, 9.17) is 4.55 Å². The monoisotopic (exact) mass is 1050 g/mol. The smallest absolute Gasteiger partial charge is 0.281 e. The van der Waals surface area contributed by atoms with E-state index in [1.807, 2.05) is 0 Å². The molecule has 43 heteroatoms. The molecular weight excluding hydrogens is 1050 g/mol. The highest BCUT2D eigenvalue weighted by Gasteiger charge is 3.03. The topological polar surface area (TPSA) is 54.4 Å². The van der Waals surface area contributed by atoms with E-state index in [0.717, 1.165) is 0 Å². The Balaban J connectivity index is 8.00. The first-order valence-corrected chi connectivity index (χ1v) is 14.0. The highest BCUT2D eigenvalue weighted by Crippen LogP contribution is 2.71. The first kappa shape index (κ1) is 59.2. The van der Waals surface area contributed by atoms with Gasteiger partial charge in [0.1, 0.15) is 0 Å². The summed E-state index contributed by atoms with van der Waals surface area (Å²) in [5.74, 6) is -172. The van der Waals surface area contributed by atoms with Crippen LogP contribution in [0.15, 0.2) is 0 Å². The Morgan fingerprint density at radius 2 is 0.290 bits per heavy atom. The molecule has 0 rings (SSSR count). The van der Waals surface area contributed by atoms with Gasteiger partial charge in [0.15, 0.2) is 0 Å². The summed E-state index contributed by atoms with van der Waals surface area (Å²) in [4.78, 5) is 0. The Kier molecular flexibility index (Phi) is 13.2. The van der Waals surface area contributed by atoms with Gasteiger partial charge >= 0.3 is 122 Å². The van der Waals surface area contributed by atoms with E-state index in [0.29, 0.717) is 0 Å². The van der Waals surface area contributed by atoms with Gasteiger partial charge in [-0.2, -0.15) is 180 Å². The average Bonchev–Trinajstić information content (AvgIpc) is 3.01. The van der Waals surface area contributed by atoms with Crippen molar-refractivity contribution in [1.29, 1.82) is 0 Å². The van der Waals surface area contributed by atoms with Gasteiger partial charge < -0.3 is 0 Å². The van der Waals surface area contributed by atoms with E-state index >= 15 is 0 Å². The maximum Gasteiger partial charge on any atom is 0.460 e. The molecule has 0 aromatic heterocycles. The molecule has 0 amide bonds. The van der Waals surface area contributed by atoms with Crippen molar-refractivity contribution in [1.82, 2.24) is 0 Å². The summed E-state index contributed by atoms with van der Waals surface area (Å²) >= 11 is 0. The minimum atomic E-state index is -10.6. The van der Waals surface area contributed by atoms with Gasteiger partial charge in [0.25, 0.3) is 0 Å². The normalized spacial score (nSPS) is 17.5. The van der Waals surface area contributed by atoms with Crippen LogP contribution in [0.25, 0.3) is 0 Å². The van der Waals surface area contributed by atoms with Crippen LogP contribution in [0.3, 0.4) is 0 Å². The van der Waals surface area contributed by atoms with Crippen LogP contribution >= 0.6 is 0 Å². The summed E-state index contributed by atoms with van der Waals surface area (Å²) in [6.07, 6.45) is -8.52. The average molecular weight is 1050 g/mol. The molecular formula is C19HF39O3S. The predicted molar refractivity (Wildman–Crippen MR) is 107 cm³/mol. The van der Waals surface area contributed by atoms with E-state index in [-0.39, 0.29) is 0 Å². The van der Waals surface area contributed by atoms with Gasteiger partial charge in [-0.25, -0.2) is 0 Å². The van der Waals surface area contributed by atoms with Gasteiger partial charge in [0, 0.05) is 0 Å². The summed E-state index contributed by atoms with van der Waals surface area (Å²) in [7, 11) is -8.55. The van der Waals surface area contributed by atoms with Crippen LogP contribution in [0.5, 0.6) is 0 Å². The van der Waals surface area contributed by atoms with Crippen LogP contribution in [-0.2, 0) is 10.1 Å². The van der Waals surface area contributed by atoms with Crippen LogP contribution in [-0.4, -0.2) is 125 Å². The van der Waals surface area contributed by atoms with E-state index < -0.39 is 122 Å². The van der Waals surface area contributed by atoms with Crippen LogP contribution < -0.4 is 0 Å². The standard InChI is InChI=1S/C19HF39O3S/c20-1(21,2(22,23)4(26,27)6(30,31)8(34,35)10(38,39)12(42,43)14(46,47)16(50,51)18(54,55)56)3(24,25)5(28,29)7(32,33)9(36,37)11(40,41)13(44,45)15(48,49)17(52,53)19(57,58)62(59,60)61/h(H,59,60,61). The summed E-state index contributed by atoms with van der Waals surface area (Å²) < 4.78 is 555. The number of hydrogen-bond donors (Lipinski definition) is 1. The number of rotatable bonds is 18. The Bertz CT molecular complexity index is 1780. The third kappa shape index (κ3) is 6.38. The molecule has 0 aliphatic rings. The molecule has 0 aliphatic carbocycles. The molecule has 0 aliphatic heterocycles. The number of halogens is 39. The molecule has 0 saturated carbocycles. The van der Waals surface area contributed by atoms with Gasteiger partial charge in [0.05, 0.1) is 0 Å². The van der Waals surface area contributed by atoms with E-state index in [1.54, 1.807) is 0 Å². The third-order valence-electron chi connectivity index (χ3n) is 7.35. The molecule has 0 bridgehead atoms. The van der Waals surface area contributed by atoms with E-state index in [1.165, 1.54) is 0 Å². The van der Waals surface area contributed by atoms with Crippen molar-refractivity contribution in [2.24, 2.45) is 0 Å². The van der Waals surface area contributed by atoms with Gasteiger partial charge in [-0.05, 0) is 0 Å². The number of hydrogen-bond acceptors (Lipinski definition) is 2. The van der Waals surface area contributed by atoms with E-state index in [9.17, 15) is 180 Å². The lowest BCUT2D eigenvalue weighted by atomic mass is 9.82.